The van der Waals surface area contributed by atoms with E-state index in [2.05, 4.69) is 34.6 Å². The number of carbonyl (C=O) groups excluding carboxylic acids is 1. The van der Waals surface area contributed by atoms with Gasteiger partial charge in [-0.2, -0.15) is 5.10 Å². The highest BCUT2D eigenvalue weighted by Crippen LogP contribution is 2.18. The second-order valence-electron chi connectivity index (χ2n) is 6.41. The molecule has 1 unspecified atom stereocenters. The van der Waals surface area contributed by atoms with Gasteiger partial charge in [-0.05, 0) is 19.3 Å². The number of hydrogen-bond donors (Lipinski definition) is 2. The number of aryl methyl sites for hydroxylation is 2. The standard InChI is InChI=1S/C15H24N6O2/c1-11(2)5-6-21-9-13(18-19-21)14(22)16-10-15(3,23)12-7-17-20(4)8-12/h7-9,11,23H,5-6,10H2,1-4H3,(H,16,22). The van der Waals surface area contributed by atoms with Crippen LogP contribution in [0.4, 0.5) is 0 Å². The third kappa shape index (κ3) is 4.62. The molecule has 23 heavy (non-hydrogen) atoms. The molecule has 2 heterocycles. The van der Waals surface area contributed by atoms with Gasteiger partial charge in [0, 0.05) is 25.4 Å². The van der Waals surface area contributed by atoms with Gasteiger partial charge in [0.15, 0.2) is 5.69 Å². The highest BCUT2D eigenvalue weighted by atomic mass is 16.3. The molecule has 0 aliphatic heterocycles. The molecule has 0 aliphatic carbocycles. The monoisotopic (exact) mass is 320 g/mol. The minimum atomic E-state index is -1.20. The van der Waals surface area contributed by atoms with E-state index in [1.807, 2.05) is 0 Å². The molecule has 0 saturated heterocycles. The number of nitrogens with one attached hydrogen (secondary N) is 1. The van der Waals surface area contributed by atoms with Crippen LogP contribution in [0, 0.1) is 5.92 Å². The lowest BCUT2D eigenvalue weighted by atomic mass is 10.00. The van der Waals surface area contributed by atoms with Crippen molar-refractivity contribution in [2.45, 2.75) is 39.3 Å². The topological polar surface area (TPSA) is 97.9 Å². The average molecular weight is 320 g/mol. The minimum Gasteiger partial charge on any atom is -0.383 e. The first-order chi connectivity index (χ1) is 10.8. The Bertz CT molecular complexity index is 658. The second-order valence-corrected chi connectivity index (χ2v) is 6.41. The van der Waals surface area contributed by atoms with Crippen LogP contribution in [0.25, 0.3) is 0 Å². The van der Waals surface area contributed by atoms with Crippen LogP contribution in [0.15, 0.2) is 18.6 Å². The van der Waals surface area contributed by atoms with E-state index < -0.39 is 5.60 Å². The van der Waals surface area contributed by atoms with Crippen molar-refractivity contribution in [3.8, 4) is 0 Å². The van der Waals surface area contributed by atoms with Gasteiger partial charge in [0.1, 0.15) is 5.60 Å². The molecule has 2 aromatic rings. The van der Waals surface area contributed by atoms with Gasteiger partial charge in [-0.3, -0.25) is 14.2 Å². The summed E-state index contributed by atoms with van der Waals surface area (Å²) >= 11 is 0. The van der Waals surface area contributed by atoms with Crippen LogP contribution in [-0.4, -0.2) is 42.3 Å². The third-order valence-corrected chi connectivity index (χ3v) is 3.63. The van der Waals surface area contributed by atoms with E-state index in [1.165, 1.54) is 0 Å². The third-order valence-electron chi connectivity index (χ3n) is 3.63. The smallest absolute Gasteiger partial charge is 0.273 e. The first-order valence-electron chi connectivity index (χ1n) is 7.68. The molecule has 8 nitrogen and oxygen atoms in total. The first kappa shape index (κ1) is 17.1. The summed E-state index contributed by atoms with van der Waals surface area (Å²) in [4.78, 5) is 12.1. The van der Waals surface area contributed by atoms with Crippen LogP contribution in [0.1, 0.15) is 43.2 Å². The Labute approximate surface area is 135 Å². The molecule has 0 saturated carbocycles. The van der Waals surface area contributed by atoms with E-state index in [0.717, 1.165) is 13.0 Å². The van der Waals surface area contributed by atoms with E-state index in [-0.39, 0.29) is 18.1 Å². The lowest BCUT2D eigenvalue weighted by Crippen LogP contribution is -2.38. The zero-order valence-electron chi connectivity index (χ0n) is 14.0. The molecule has 2 N–H and O–H groups in total. The summed E-state index contributed by atoms with van der Waals surface area (Å²) in [6.45, 7) is 6.68. The molecule has 0 aromatic carbocycles. The molecule has 1 amide bonds. The Morgan fingerprint density at radius 2 is 2.17 bits per heavy atom. The molecule has 126 valence electrons. The van der Waals surface area contributed by atoms with Crippen LogP contribution in [0.5, 0.6) is 0 Å². The number of aromatic nitrogens is 5. The quantitative estimate of drug-likeness (QED) is 0.782. The summed E-state index contributed by atoms with van der Waals surface area (Å²) in [5.41, 5.74) is -0.311. The maximum atomic E-state index is 12.1. The van der Waals surface area contributed by atoms with Crippen LogP contribution < -0.4 is 5.32 Å². The molecule has 8 heteroatoms. The van der Waals surface area contributed by atoms with Gasteiger partial charge in [0.25, 0.3) is 5.91 Å². The van der Waals surface area contributed by atoms with E-state index in [4.69, 9.17) is 0 Å². The van der Waals surface area contributed by atoms with Gasteiger partial charge >= 0.3 is 0 Å². The highest BCUT2D eigenvalue weighted by Gasteiger charge is 2.26. The van der Waals surface area contributed by atoms with E-state index in [1.54, 1.807) is 41.9 Å². The zero-order valence-corrected chi connectivity index (χ0v) is 14.0. The number of rotatable bonds is 7. The molecule has 0 bridgehead atoms. The molecule has 0 fully saturated rings. The summed E-state index contributed by atoms with van der Waals surface area (Å²) in [5.74, 6) is 0.205. The summed E-state index contributed by atoms with van der Waals surface area (Å²) in [6.07, 6.45) is 5.89. The molecular weight excluding hydrogens is 296 g/mol. The summed E-state index contributed by atoms with van der Waals surface area (Å²) in [5, 5.41) is 25.0. The fourth-order valence-corrected chi connectivity index (χ4v) is 2.05. The Kier molecular flexibility index (Phi) is 5.15. The zero-order chi connectivity index (χ0) is 17.0. The van der Waals surface area contributed by atoms with Crippen LogP contribution in [-0.2, 0) is 19.2 Å². The van der Waals surface area contributed by atoms with E-state index in [9.17, 15) is 9.90 Å². The molecule has 0 radical (unpaired) electrons. The Morgan fingerprint density at radius 3 is 2.78 bits per heavy atom. The number of carbonyl (C=O) groups is 1. The maximum absolute atomic E-state index is 12.1. The van der Waals surface area contributed by atoms with E-state index >= 15 is 0 Å². The molecule has 0 aliphatic rings. The summed E-state index contributed by atoms with van der Waals surface area (Å²) < 4.78 is 3.26. The lowest BCUT2D eigenvalue weighted by Gasteiger charge is -2.21. The van der Waals surface area contributed by atoms with Gasteiger partial charge in [0.05, 0.1) is 18.9 Å². The second kappa shape index (κ2) is 6.91. The van der Waals surface area contributed by atoms with Crippen LogP contribution in [0.3, 0.4) is 0 Å². The number of hydrogen-bond acceptors (Lipinski definition) is 5. The molecule has 2 aromatic heterocycles. The fraction of sp³-hybridized carbons (Fsp3) is 0.600. The lowest BCUT2D eigenvalue weighted by molar-refractivity contribution is 0.0524. The van der Waals surface area contributed by atoms with Crippen molar-refractivity contribution < 1.29 is 9.90 Å². The maximum Gasteiger partial charge on any atom is 0.273 e. The van der Waals surface area contributed by atoms with Gasteiger partial charge in [-0.1, -0.05) is 19.1 Å². The number of nitrogens with zero attached hydrogens (tertiary/aromatic N) is 5. The van der Waals surface area contributed by atoms with E-state index in [0.29, 0.717) is 11.5 Å². The van der Waals surface area contributed by atoms with Gasteiger partial charge in [-0.15, -0.1) is 5.10 Å². The van der Waals surface area contributed by atoms with Gasteiger partial charge < -0.3 is 10.4 Å². The van der Waals surface area contributed by atoms with Crippen molar-refractivity contribution in [1.29, 1.82) is 0 Å². The van der Waals surface area contributed by atoms with Crippen molar-refractivity contribution in [2.75, 3.05) is 6.54 Å². The normalized spacial score (nSPS) is 14.0. The average Bonchev–Trinajstić information content (AvgIpc) is 3.12. The van der Waals surface area contributed by atoms with Crippen molar-refractivity contribution in [3.05, 3.63) is 29.8 Å². The Morgan fingerprint density at radius 1 is 1.43 bits per heavy atom. The van der Waals surface area contributed by atoms with Crippen molar-refractivity contribution in [3.63, 3.8) is 0 Å². The minimum absolute atomic E-state index is 0.0659. The van der Waals surface area contributed by atoms with Crippen molar-refractivity contribution in [1.82, 2.24) is 30.1 Å². The van der Waals surface area contributed by atoms with Crippen LogP contribution in [0.2, 0.25) is 0 Å². The summed E-state index contributed by atoms with van der Waals surface area (Å²) in [6, 6.07) is 0. The summed E-state index contributed by atoms with van der Waals surface area (Å²) in [7, 11) is 1.77. The number of amides is 1. The van der Waals surface area contributed by atoms with Crippen molar-refractivity contribution >= 4 is 5.91 Å². The molecule has 0 spiro atoms. The molecule has 1 atom stereocenters. The molecule has 2 rings (SSSR count). The Hall–Kier alpha value is -2.22. The number of aliphatic hydroxyl groups is 1. The predicted octanol–water partition coefficient (Wildman–Crippen LogP) is 0.695. The predicted molar refractivity (Wildman–Crippen MR) is 84.6 cm³/mol. The first-order valence-corrected chi connectivity index (χ1v) is 7.68. The van der Waals surface area contributed by atoms with Gasteiger partial charge in [0.2, 0.25) is 0 Å². The van der Waals surface area contributed by atoms with Crippen LogP contribution >= 0.6 is 0 Å². The molecular formula is C15H24N6O2. The Balaban J connectivity index is 1.91. The SMILES string of the molecule is CC(C)CCn1cc(C(=O)NCC(C)(O)c2cnn(C)c2)nn1. The largest absolute Gasteiger partial charge is 0.383 e. The highest BCUT2D eigenvalue weighted by molar-refractivity contribution is 5.91. The van der Waals surface area contributed by atoms with Gasteiger partial charge in [-0.25, -0.2) is 0 Å². The fourth-order valence-electron chi connectivity index (χ4n) is 2.05. The van der Waals surface area contributed by atoms with Crippen molar-refractivity contribution in [2.24, 2.45) is 13.0 Å².